The zero-order valence-corrected chi connectivity index (χ0v) is 22.3. The Labute approximate surface area is 224 Å². The SMILES string of the molecule is CC(C)(C)OC(=O)N1C2CC1CN(c1nc3c(C(=O)NCc4ccccc4)ccc(-c4nccs4)n3n1)C2. The number of piperidine rings is 1. The fraction of sp³-hybridized carbons (Fsp3) is 0.370. The van der Waals surface area contributed by atoms with E-state index >= 15 is 0 Å². The average molecular weight is 532 g/mol. The molecular formula is C27H29N7O3S. The molecule has 1 N–H and O–H groups in total. The fourth-order valence-corrected chi connectivity index (χ4v) is 5.68. The lowest BCUT2D eigenvalue weighted by Gasteiger charge is -2.55. The summed E-state index contributed by atoms with van der Waals surface area (Å²) in [4.78, 5) is 39.1. The highest BCUT2D eigenvalue weighted by atomic mass is 32.1. The maximum Gasteiger partial charge on any atom is 0.410 e. The molecule has 4 aromatic rings. The molecule has 3 aliphatic heterocycles. The molecule has 2 unspecified atom stereocenters. The minimum atomic E-state index is -0.534. The number of nitrogens with zero attached hydrogens (tertiary/aromatic N) is 6. The van der Waals surface area contributed by atoms with Crippen LogP contribution in [0.5, 0.6) is 0 Å². The number of pyridine rings is 1. The van der Waals surface area contributed by atoms with Gasteiger partial charge in [0.2, 0.25) is 5.95 Å². The Bertz CT molecular complexity index is 1470. The van der Waals surface area contributed by atoms with E-state index in [4.69, 9.17) is 14.8 Å². The summed E-state index contributed by atoms with van der Waals surface area (Å²) in [6.07, 6.45) is 2.40. The summed E-state index contributed by atoms with van der Waals surface area (Å²) in [5.74, 6) is 0.311. The van der Waals surface area contributed by atoms with Gasteiger partial charge in [0, 0.05) is 31.2 Å². The molecule has 3 aromatic heterocycles. The van der Waals surface area contributed by atoms with Crippen molar-refractivity contribution in [3.8, 4) is 10.7 Å². The van der Waals surface area contributed by atoms with E-state index in [1.54, 1.807) is 16.8 Å². The van der Waals surface area contributed by atoms with Crippen LogP contribution in [-0.4, -0.2) is 67.3 Å². The molecule has 3 fully saturated rings. The van der Waals surface area contributed by atoms with Crippen LogP contribution in [0, 0.1) is 0 Å². The second kappa shape index (κ2) is 9.39. The summed E-state index contributed by atoms with van der Waals surface area (Å²) in [5.41, 5.74) is 2.17. The third-order valence-electron chi connectivity index (χ3n) is 6.75. The van der Waals surface area contributed by atoms with Gasteiger partial charge in [-0.25, -0.2) is 14.3 Å². The molecule has 1 aromatic carbocycles. The third-order valence-corrected chi connectivity index (χ3v) is 7.54. The smallest absolute Gasteiger partial charge is 0.410 e. The molecule has 196 valence electrons. The molecule has 10 nitrogen and oxygen atoms in total. The summed E-state index contributed by atoms with van der Waals surface area (Å²) in [5, 5.41) is 10.5. The number of anilines is 1. The highest BCUT2D eigenvalue weighted by Crippen LogP contribution is 2.35. The molecule has 0 aliphatic carbocycles. The molecule has 3 aliphatic rings. The van der Waals surface area contributed by atoms with Gasteiger partial charge in [-0.05, 0) is 44.9 Å². The molecule has 2 bridgehead atoms. The Hall–Kier alpha value is -3.99. The van der Waals surface area contributed by atoms with Crippen molar-refractivity contribution in [3.63, 3.8) is 0 Å². The molecule has 38 heavy (non-hydrogen) atoms. The van der Waals surface area contributed by atoms with E-state index < -0.39 is 5.60 Å². The van der Waals surface area contributed by atoms with E-state index in [0.717, 1.165) is 22.7 Å². The van der Waals surface area contributed by atoms with Crippen molar-refractivity contribution in [2.75, 3.05) is 18.0 Å². The molecule has 6 heterocycles. The van der Waals surface area contributed by atoms with Crippen molar-refractivity contribution in [2.45, 2.75) is 51.4 Å². The molecule has 0 spiro atoms. The second-order valence-corrected chi connectivity index (χ2v) is 11.5. The van der Waals surface area contributed by atoms with Crippen molar-refractivity contribution in [1.82, 2.24) is 29.8 Å². The van der Waals surface area contributed by atoms with Crippen molar-refractivity contribution < 1.29 is 14.3 Å². The zero-order chi connectivity index (χ0) is 26.4. The number of fused-ring (bicyclic) bond motifs is 3. The number of aromatic nitrogens is 4. The lowest BCUT2D eigenvalue weighted by atomic mass is 9.88. The van der Waals surface area contributed by atoms with Gasteiger partial charge in [0.25, 0.3) is 5.91 Å². The zero-order valence-electron chi connectivity index (χ0n) is 21.5. The number of hydrogen-bond donors (Lipinski definition) is 1. The number of ether oxygens (including phenoxy) is 1. The molecule has 11 heteroatoms. The molecule has 0 saturated carbocycles. The van der Waals surface area contributed by atoms with E-state index in [-0.39, 0.29) is 24.1 Å². The van der Waals surface area contributed by atoms with Crippen molar-refractivity contribution >= 4 is 34.9 Å². The highest BCUT2D eigenvalue weighted by Gasteiger charge is 2.49. The third kappa shape index (κ3) is 4.58. The first-order valence-electron chi connectivity index (χ1n) is 12.6. The Kier molecular flexibility index (Phi) is 6.02. The lowest BCUT2D eigenvalue weighted by molar-refractivity contribution is -0.0381. The first-order chi connectivity index (χ1) is 18.3. The van der Waals surface area contributed by atoms with Crippen LogP contribution < -0.4 is 10.2 Å². The van der Waals surface area contributed by atoms with Crippen LogP contribution in [0.25, 0.3) is 16.3 Å². The topological polar surface area (TPSA) is 105 Å². The van der Waals surface area contributed by atoms with Crippen LogP contribution in [0.3, 0.4) is 0 Å². The van der Waals surface area contributed by atoms with Gasteiger partial charge < -0.3 is 15.0 Å². The lowest BCUT2D eigenvalue weighted by Crippen LogP contribution is -2.70. The molecule has 2 amide bonds. The van der Waals surface area contributed by atoms with Gasteiger partial charge in [-0.2, -0.15) is 4.98 Å². The predicted octanol–water partition coefficient (Wildman–Crippen LogP) is 3.98. The monoisotopic (exact) mass is 531 g/mol. The van der Waals surface area contributed by atoms with Gasteiger partial charge in [-0.3, -0.25) is 9.69 Å². The Morgan fingerprint density at radius 1 is 1.11 bits per heavy atom. The number of carbonyl (C=O) groups excluding carboxylic acids is 2. The molecular weight excluding hydrogens is 502 g/mol. The highest BCUT2D eigenvalue weighted by molar-refractivity contribution is 7.13. The number of nitrogens with one attached hydrogen (secondary N) is 1. The number of thiazole rings is 1. The normalized spacial score (nSPS) is 18.8. The maximum atomic E-state index is 13.2. The quantitative estimate of drug-likeness (QED) is 0.415. The standard InChI is InChI=1S/C27H29N7O3S/c1-27(2,3)37-26(36)33-18-13-19(33)16-32(15-18)25-30-22-20(23(35)29-14-17-7-5-4-6-8-17)9-10-21(34(22)31-25)24-28-11-12-38-24/h4-12,18-19H,13-16H2,1-3H3,(H,29,35). The fourth-order valence-electron chi connectivity index (χ4n) is 5.03. The molecule has 7 rings (SSSR count). The maximum absolute atomic E-state index is 13.2. The van der Waals surface area contributed by atoms with Crippen molar-refractivity contribution in [1.29, 1.82) is 0 Å². The predicted molar refractivity (Wildman–Crippen MR) is 144 cm³/mol. The number of carbonyl (C=O) groups is 2. The minimum Gasteiger partial charge on any atom is -0.444 e. The van der Waals surface area contributed by atoms with Gasteiger partial charge >= 0.3 is 6.09 Å². The Balaban J connectivity index is 1.28. The summed E-state index contributed by atoms with van der Waals surface area (Å²) in [6.45, 7) is 7.25. The number of piperazine rings is 1. The van der Waals surface area contributed by atoms with Crippen LogP contribution in [0.15, 0.2) is 54.0 Å². The van der Waals surface area contributed by atoms with Crippen LogP contribution in [0.2, 0.25) is 0 Å². The Morgan fingerprint density at radius 2 is 1.87 bits per heavy atom. The summed E-state index contributed by atoms with van der Waals surface area (Å²) >= 11 is 1.50. The van der Waals surface area contributed by atoms with Crippen molar-refractivity contribution in [2.24, 2.45) is 0 Å². The van der Waals surface area contributed by atoms with E-state index in [9.17, 15) is 9.59 Å². The van der Waals surface area contributed by atoms with E-state index in [0.29, 0.717) is 36.8 Å². The van der Waals surface area contributed by atoms with Gasteiger partial charge in [-0.15, -0.1) is 16.4 Å². The van der Waals surface area contributed by atoms with Crippen LogP contribution in [0.4, 0.5) is 10.7 Å². The van der Waals surface area contributed by atoms with Crippen LogP contribution in [0.1, 0.15) is 43.1 Å². The van der Waals surface area contributed by atoms with E-state index in [1.165, 1.54) is 11.3 Å². The number of hydrogen-bond acceptors (Lipinski definition) is 8. The first-order valence-corrected chi connectivity index (χ1v) is 13.5. The van der Waals surface area contributed by atoms with Crippen LogP contribution >= 0.6 is 11.3 Å². The molecule has 3 saturated heterocycles. The number of amides is 2. The largest absolute Gasteiger partial charge is 0.444 e. The number of rotatable bonds is 5. The molecule has 2 atom stereocenters. The van der Waals surface area contributed by atoms with E-state index in [2.05, 4.69) is 15.2 Å². The average Bonchev–Trinajstić information content (AvgIpc) is 3.57. The molecule has 0 radical (unpaired) electrons. The second-order valence-electron chi connectivity index (χ2n) is 10.6. The van der Waals surface area contributed by atoms with Gasteiger partial charge in [0.05, 0.1) is 17.6 Å². The van der Waals surface area contributed by atoms with E-state index in [1.807, 2.05) is 67.4 Å². The Morgan fingerprint density at radius 3 is 2.55 bits per heavy atom. The van der Waals surface area contributed by atoms with Gasteiger partial charge in [0.15, 0.2) is 5.65 Å². The number of benzene rings is 1. The summed E-state index contributed by atoms with van der Waals surface area (Å²) < 4.78 is 7.31. The van der Waals surface area contributed by atoms with Gasteiger partial charge in [0.1, 0.15) is 16.3 Å². The van der Waals surface area contributed by atoms with Gasteiger partial charge in [-0.1, -0.05) is 30.3 Å². The summed E-state index contributed by atoms with van der Waals surface area (Å²) in [6, 6.07) is 13.5. The summed E-state index contributed by atoms with van der Waals surface area (Å²) in [7, 11) is 0. The van der Waals surface area contributed by atoms with Crippen LogP contribution in [-0.2, 0) is 11.3 Å². The minimum absolute atomic E-state index is 0.0438. The first kappa shape index (κ1) is 24.4. The van der Waals surface area contributed by atoms with Crippen molar-refractivity contribution in [3.05, 3.63) is 65.2 Å².